The lowest BCUT2D eigenvalue weighted by atomic mass is 10.2. The first-order valence-electron chi connectivity index (χ1n) is 6.50. The van der Waals surface area contributed by atoms with Crippen molar-refractivity contribution >= 4 is 29.3 Å². The van der Waals surface area contributed by atoms with Gasteiger partial charge in [0.1, 0.15) is 0 Å². The predicted molar refractivity (Wildman–Crippen MR) is 78.7 cm³/mol. The Kier molecular flexibility index (Phi) is 5.55. The molecule has 1 aromatic carbocycles. The smallest absolute Gasteiger partial charge is 0.316 e. The molecule has 0 spiro atoms. The summed E-state index contributed by atoms with van der Waals surface area (Å²) in [5.74, 6) is 0.0992. The average Bonchev–Trinajstić information content (AvgIpc) is 3.19. The zero-order valence-corrected chi connectivity index (χ0v) is 12.5. The SMILES string of the molecule is CCOC(=O)CSc1c(Cl)cccc1CNC1CC1. The van der Waals surface area contributed by atoms with Crippen LogP contribution < -0.4 is 5.32 Å². The molecule has 1 aliphatic carbocycles. The number of ether oxygens (including phenoxy) is 1. The average molecular weight is 300 g/mol. The van der Waals surface area contributed by atoms with Crippen LogP contribution in [0, 0.1) is 0 Å². The van der Waals surface area contributed by atoms with Crippen molar-refractivity contribution in [2.75, 3.05) is 12.4 Å². The summed E-state index contributed by atoms with van der Waals surface area (Å²) < 4.78 is 4.93. The van der Waals surface area contributed by atoms with E-state index >= 15 is 0 Å². The van der Waals surface area contributed by atoms with Crippen LogP contribution in [-0.2, 0) is 16.1 Å². The van der Waals surface area contributed by atoms with E-state index in [1.807, 2.05) is 19.1 Å². The highest BCUT2D eigenvalue weighted by Gasteiger charge is 2.21. The Morgan fingerprint density at radius 2 is 2.32 bits per heavy atom. The van der Waals surface area contributed by atoms with Gasteiger partial charge in [-0.1, -0.05) is 23.7 Å². The van der Waals surface area contributed by atoms with Crippen LogP contribution in [0.4, 0.5) is 0 Å². The fraction of sp³-hybridized carbons (Fsp3) is 0.500. The maximum absolute atomic E-state index is 11.4. The van der Waals surface area contributed by atoms with Crippen LogP contribution in [0.15, 0.2) is 23.1 Å². The minimum absolute atomic E-state index is 0.200. The number of halogens is 1. The summed E-state index contributed by atoms with van der Waals surface area (Å²) >= 11 is 7.67. The van der Waals surface area contributed by atoms with Crippen molar-refractivity contribution in [1.82, 2.24) is 5.32 Å². The number of carbonyl (C=O) groups excluding carboxylic acids is 1. The van der Waals surface area contributed by atoms with Gasteiger partial charge in [-0.15, -0.1) is 11.8 Å². The number of benzene rings is 1. The highest BCUT2D eigenvalue weighted by Crippen LogP contribution is 2.31. The van der Waals surface area contributed by atoms with Gasteiger partial charge in [0.05, 0.1) is 17.4 Å². The second-order valence-corrected chi connectivity index (χ2v) is 5.87. The second kappa shape index (κ2) is 7.17. The van der Waals surface area contributed by atoms with Gasteiger partial charge in [0, 0.05) is 17.5 Å². The molecule has 0 amide bonds. The van der Waals surface area contributed by atoms with Gasteiger partial charge in [0.15, 0.2) is 0 Å². The molecule has 0 bridgehead atoms. The normalized spacial score (nSPS) is 14.4. The molecule has 0 heterocycles. The highest BCUT2D eigenvalue weighted by molar-refractivity contribution is 8.00. The number of thioether (sulfide) groups is 1. The van der Waals surface area contributed by atoms with Crippen molar-refractivity contribution in [2.45, 2.75) is 37.2 Å². The summed E-state index contributed by atoms with van der Waals surface area (Å²) in [4.78, 5) is 12.4. The van der Waals surface area contributed by atoms with Crippen LogP contribution in [0.25, 0.3) is 0 Å². The van der Waals surface area contributed by atoms with Gasteiger partial charge >= 0.3 is 5.97 Å². The largest absolute Gasteiger partial charge is 0.465 e. The second-order valence-electron chi connectivity index (χ2n) is 4.48. The van der Waals surface area contributed by atoms with Crippen molar-refractivity contribution in [3.63, 3.8) is 0 Å². The number of esters is 1. The number of hydrogen-bond donors (Lipinski definition) is 1. The molecule has 5 heteroatoms. The van der Waals surface area contributed by atoms with E-state index in [0.717, 1.165) is 17.0 Å². The molecule has 1 aromatic rings. The molecule has 104 valence electrons. The fourth-order valence-corrected chi connectivity index (χ4v) is 2.96. The molecule has 1 saturated carbocycles. The van der Waals surface area contributed by atoms with Crippen LogP contribution in [-0.4, -0.2) is 24.4 Å². The lowest BCUT2D eigenvalue weighted by Gasteiger charge is -2.11. The van der Waals surface area contributed by atoms with Crippen molar-refractivity contribution in [3.8, 4) is 0 Å². The molecule has 1 N–H and O–H groups in total. The lowest BCUT2D eigenvalue weighted by Crippen LogP contribution is -2.16. The maximum atomic E-state index is 11.4. The summed E-state index contributed by atoms with van der Waals surface area (Å²) in [7, 11) is 0. The van der Waals surface area contributed by atoms with Crippen LogP contribution >= 0.6 is 23.4 Å². The molecule has 1 fully saturated rings. The molecular weight excluding hydrogens is 282 g/mol. The van der Waals surface area contributed by atoms with E-state index < -0.39 is 0 Å². The number of carbonyl (C=O) groups is 1. The minimum Gasteiger partial charge on any atom is -0.465 e. The zero-order chi connectivity index (χ0) is 13.7. The van der Waals surface area contributed by atoms with Crippen LogP contribution in [0.5, 0.6) is 0 Å². The van der Waals surface area contributed by atoms with E-state index in [-0.39, 0.29) is 5.97 Å². The Morgan fingerprint density at radius 1 is 1.53 bits per heavy atom. The fourth-order valence-electron chi connectivity index (χ4n) is 1.73. The van der Waals surface area contributed by atoms with E-state index in [1.165, 1.54) is 24.6 Å². The Hall–Kier alpha value is -0.710. The van der Waals surface area contributed by atoms with Gasteiger partial charge in [-0.25, -0.2) is 0 Å². The van der Waals surface area contributed by atoms with Gasteiger partial charge in [-0.2, -0.15) is 0 Å². The van der Waals surface area contributed by atoms with Crippen molar-refractivity contribution in [1.29, 1.82) is 0 Å². The maximum Gasteiger partial charge on any atom is 0.316 e. The third-order valence-electron chi connectivity index (χ3n) is 2.85. The third kappa shape index (κ3) is 4.71. The highest BCUT2D eigenvalue weighted by atomic mass is 35.5. The molecule has 3 nitrogen and oxygen atoms in total. The van der Waals surface area contributed by atoms with E-state index in [0.29, 0.717) is 23.4 Å². The Balaban J connectivity index is 1.97. The quantitative estimate of drug-likeness (QED) is 0.619. The first-order valence-corrected chi connectivity index (χ1v) is 7.86. The predicted octanol–water partition coefficient (Wildman–Crippen LogP) is 3.25. The Labute approximate surface area is 123 Å². The monoisotopic (exact) mass is 299 g/mol. The zero-order valence-electron chi connectivity index (χ0n) is 10.9. The summed E-state index contributed by atoms with van der Waals surface area (Å²) in [6, 6.07) is 6.51. The molecule has 2 rings (SSSR count). The van der Waals surface area contributed by atoms with Crippen LogP contribution in [0.2, 0.25) is 5.02 Å². The molecule has 0 unspecified atom stereocenters. The van der Waals surface area contributed by atoms with Gasteiger partial charge in [0.2, 0.25) is 0 Å². The van der Waals surface area contributed by atoms with Crippen molar-refractivity contribution in [2.24, 2.45) is 0 Å². The molecule has 19 heavy (non-hydrogen) atoms. The van der Waals surface area contributed by atoms with Crippen LogP contribution in [0.1, 0.15) is 25.3 Å². The number of hydrogen-bond acceptors (Lipinski definition) is 4. The molecule has 0 radical (unpaired) electrons. The summed E-state index contributed by atoms with van der Waals surface area (Å²) in [5.41, 5.74) is 1.15. The molecular formula is C14H18ClNO2S. The first kappa shape index (κ1) is 14.7. The van der Waals surface area contributed by atoms with Gasteiger partial charge in [-0.05, 0) is 31.4 Å². The molecule has 1 aliphatic rings. The van der Waals surface area contributed by atoms with E-state index in [4.69, 9.17) is 16.3 Å². The molecule has 0 aromatic heterocycles. The first-order chi connectivity index (χ1) is 9.20. The number of rotatable bonds is 7. The van der Waals surface area contributed by atoms with E-state index in [9.17, 15) is 4.79 Å². The molecule has 0 saturated heterocycles. The van der Waals surface area contributed by atoms with E-state index in [2.05, 4.69) is 11.4 Å². The van der Waals surface area contributed by atoms with Gasteiger partial charge < -0.3 is 10.1 Å². The van der Waals surface area contributed by atoms with Crippen LogP contribution in [0.3, 0.4) is 0 Å². The number of nitrogens with one attached hydrogen (secondary N) is 1. The van der Waals surface area contributed by atoms with Gasteiger partial charge in [-0.3, -0.25) is 4.79 Å². The molecule has 0 aliphatic heterocycles. The lowest BCUT2D eigenvalue weighted by molar-refractivity contribution is -0.139. The Bertz CT molecular complexity index is 449. The topological polar surface area (TPSA) is 38.3 Å². The van der Waals surface area contributed by atoms with Crippen molar-refractivity contribution in [3.05, 3.63) is 28.8 Å². The Morgan fingerprint density at radius 3 is 3.00 bits per heavy atom. The van der Waals surface area contributed by atoms with Gasteiger partial charge in [0.25, 0.3) is 0 Å². The summed E-state index contributed by atoms with van der Waals surface area (Å²) in [6.45, 7) is 3.03. The minimum atomic E-state index is -0.200. The summed E-state index contributed by atoms with van der Waals surface area (Å²) in [5, 5.41) is 4.16. The van der Waals surface area contributed by atoms with E-state index in [1.54, 1.807) is 0 Å². The van der Waals surface area contributed by atoms with Crippen molar-refractivity contribution < 1.29 is 9.53 Å². The standard InChI is InChI=1S/C14H18ClNO2S/c1-2-18-13(17)9-19-14-10(4-3-5-12(14)15)8-16-11-6-7-11/h3-5,11,16H,2,6-9H2,1H3. The summed E-state index contributed by atoms with van der Waals surface area (Å²) in [6.07, 6.45) is 2.51. The molecule has 0 atom stereocenters. The third-order valence-corrected chi connectivity index (χ3v) is 4.42.